The van der Waals surface area contributed by atoms with Crippen LogP contribution >= 0.6 is 0 Å². The Bertz CT molecular complexity index is 1640. The third-order valence-corrected chi connectivity index (χ3v) is 7.79. The van der Waals surface area contributed by atoms with Crippen LogP contribution in [0.1, 0.15) is 40.3 Å². The number of ether oxygens (including phenoxy) is 4. The number of benzene rings is 2. The number of rotatable bonds is 9. The molecule has 1 saturated heterocycles. The number of hydrogen-bond donors (Lipinski definition) is 1. The Hall–Kier alpha value is -4.41. The molecule has 0 radical (unpaired) electrons. The van der Waals surface area contributed by atoms with E-state index < -0.39 is 5.97 Å². The maximum absolute atomic E-state index is 11.6. The minimum atomic E-state index is -0.939. The molecule has 0 bridgehead atoms. The van der Waals surface area contributed by atoms with Crippen molar-refractivity contribution in [3.63, 3.8) is 0 Å². The predicted octanol–water partition coefficient (Wildman–Crippen LogP) is 4.52. The van der Waals surface area contributed by atoms with Crippen molar-refractivity contribution in [1.29, 1.82) is 0 Å². The molecule has 2 aromatic heterocycles. The molecule has 1 N–H and O–H groups in total. The molecule has 3 aliphatic rings. The minimum absolute atomic E-state index is 0.137. The van der Waals surface area contributed by atoms with E-state index in [1.54, 1.807) is 18.2 Å². The van der Waals surface area contributed by atoms with E-state index in [0.29, 0.717) is 25.6 Å². The van der Waals surface area contributed by atoms with Crippen LogP contribution in [0.4, 0.5) is 0 Å². The largest absolute Gasteiger partial charge is 0.478 e. The van der Waals surface area contributed by atoms with E-state index in [-0.39, 0.29) is 18.5 Å². The van der Waals surface area contributed by atoms with Gasteiger partial charge >= 0.3 is 5.97 Å². The van der Waals surface area contributed by atoms with Gasteiger partial charge in [0.1, 0.15) is 12.4 Å². The number of pyridine rings is 1. The molecule has 41 heavy (non-hydrogen) atoms. The van der Waals surface area contributed by atoms with Gasteiger partial charge in [-0.1, -0.05) is 18.2 Å². The van der Waals surface area contributed by atoms with Crippen molar-refractivity contribution in [2.45, 2.75) is 38.6 Å². The quantitative estimate of drug-likeness (QED) is 0.320. The van der Waals surface area contributed by atoms with Gasteiger partial charge in [-0.15, -0.1) is 0 Å². The Morgan fingerprint density at radius 2 is 1.98 bits per heavy atom. The van der Waals surface area contributed by atoms with Crippen molar-refractivity contribution in [3.8, 4) is 17.4 Å². The molecule has 5 heterocycles. The molecule has 0 amide bonds. The Labute approximate surface area is 236 Å². The average Bonchev–Trinajstić information content (AvgIpc) is 3.57. The molecule has 1 atom stereocenters. The summed E-state index contributed by atoms with van der Waals surface area (Å²) in [6.07, 6.45) is 4.21. The summed E-state index contributed by atoms with van der Waals surface area (Å²) in [4.78, 5) is 23.6. The lowest BCUT2D eigenvalue weighted by Gasteiger charge is -2.29. The lowest BCUT2D eigenvalue weighted by Crippen LogP contribution is -2.33. The first-order chi connectivity index (χ1) is 20.1. The fourth-order valence-corrected chi connectivity index (χ4v) is 5.41. The van der Waals surface area contributed by atoms with Crippen LogP contribution in [-0.2, 0) is 24.4 Å². The number of carbonyl (C=O) groups is 1. The SMILES string of the molecule is O=C(O)c1ccc2nc(CN3CC=C(c4cccc(OCc5ccc6c(c5)OCO6)n4)CC3)n(C[C@@H]3CCO3)c2c1. The summed E-state index contributed by atoms with van der Waals surface area (Å²) in [5.41, 5.74) is 5.01. The molecule has 4 aromatic rings. The molecule has 3 aliphatic heterocycles. The van der Waals surface area contributed by atoms with Crippen molar-refractivity contribution in [3.05, 3.63) is 83.3 Å². The van der Waals surface area contributed by atoms with Crippen molar-refractivity contribution in [1.82, 2.24) is 19.4 Å². The van der Waals surface area contributed by atoms with Crippen molar-refractivity contribution >= 4 is 22.6 Å². The molecule has 0 aliphatic carbocycles. The van der Waals surface area contributed by atoms with Gasteiger partial charge in [-0.3, -0.25) is 4.90 Å². The van der Waals surface area contributed by atoms with Crippen LogP contribution in [0.15, 0.2) is 60.7 Å². The van der Waals surface area contributed by atoms with Gasteiger partial charge in [0.25, 0.3) is 0 Å². The third kappa shape index (κ3) is 5.36. The fourth-order valence-electron chi connectivity index (χ4n) is 5.41. The van der Waals surface area contributed by atoms with E-state index in [4.69, 9.17) is 28.9 Å². The molecule has 0 unspecified atom stereocenters. The molecular formula is C31H30N4O6. The van der Waals surface area contributed by atoms with Crippen molar-refractivity contribution in [2.24, 2.45) is 0 Å². The first-order valence-electron chi connectivity index (χ1n) is 13.8. The van der Waals surface area contributed by atoms with E-state index in [1.165, 1.54) is 5.57 Å². The zero-order chi connectivity index (χ0) is 27.8. The van der Waals surface area contributed by atoms with Crippen LogP contribution in [0.3, 0.4) is 0 Å². The molecule has 10 nitrogen and oxygen atoms in total. The number of imidazole rings is 1. The first kappa shape index (κ1) is 25.6. The standard InChI is InChI=1S/C31H30N4O6/c36-31(37)22-5-6-25-26(15-22)35(16-23-10-13-38-23)29(32-25)17-34-11-8-21(9-12-34)24-2-1-3-30(33-24)39-18-20-4-7-27-28(14-20)41-19-40-27/h1-8,14-15,23H,9-13,16-19H2,(H,36,37)/t23-/m0/s1. The Morgan fingerprint density at radius 1 is 1.07 bits per heavy atom. The van der Waals surface area contributed by atoms with Gasteiger partial charge in [0.15, 0.2) is 11.5 Å². The topological polar surface area (TPSA) is 108 Å². The Kier molecular flexibility index (Phi) is 6.77. The van der Waals surface area contributed by atoms with Gasteiger partial charge < -0.3 is 28.6 Å². The zero-order valence-electron chi connectivity index (χ0n) is 22.5. The van der Waals surface area contributed by atoms with E-state index in [2.05, 4.69) is 15.5 Å². The molecule has 2 aromatic carbocycles. The third-order valence-electron chi connectivity index (χ3n) is 7.79. The summed E-state index contributed by atoms with van der Waals surface area (Å²) in [6.45, 7) is 4.37. The van der Waals surface area contributed by atoms with Gasteiger partial charge in [0.05, 0.1) is 41.5 Å². The van der Waals surface area contributed by atoms with Gasteiger partial charge in [-0.25, -0.2) is 14.8 Å². The number of aromatic nitrogens is 3. The normalized spacial score (nSPS) is 18.2. The molecule has 7 rings (SSSR count). The number of fused-ring (bicyclic) bond motifs is 2. The average molecular weight is 555 g/mol. The van der Waals surface area contributed by atoms with E-state index in [1.807, 2.05) is 36.4 Å². The summed E-state index contributed by atoms with van der Waals surface area (Å²) in [7, 11) is 0. The van der Waals surface area contributed by atoms with Crippen molar-refractivity contribution in [2.75, 3.05) is 26.5 Å². The fraction of sp³-hybridized carbons (Fsp3) is 0.323. The second kappa shape index (κ2) is 10.9. The molecular weight excluding hydrogens is 524 g/mol. The molecule has 0 spiro atoms. The van der Waals surface area contributed by atoms with Gasteiger partial charge in [0.2, 0.25) is 12.7 Å². The van der Waals surface area contributed by atoms with Gasteiger partial charge in [0, 0.05) is 25.8 Å². The number of carboxylic acids is 1. The summed E-state index contributed by atoms with van der Waals surface area (Å²) in [6, 6.07) is 16.8. The maximum Gasteiger partial charge on any atom is 0.335 e. The maximum atomic E-state index is 11.6. The van der Waals surface area contributed by atoms with E-state index in [0.717, 1.165) is 72.2 Å². The Morgan fingerprint density at radius 3 is 2.78 bits per heavy atom. The highest BCUT2D eigenvalue weighted by atomic mass is 16.7. The number of aromatic carboxylic acids is 1. The van der Waals surface area contributed by atoms with Gasteiger partial charge in [-0.05, 0) is 60.4 Å². The summed E-state index contributed by atoms with van der Waals surface area (Å²) < 4.78 is 24.7. The van der Waals surface area contributed by atoms with Crippen LogP contribution in [0.25, 0.3) is 16.6 Å². The second-order valence-corrected chi connectivity index (χ2v) is 10.5. The molecule has 210 valence electrons. The number of carboxylic acid groups (broad SMARTS) is 1. The molecule has 10 heteroatoms. The number of nitrogens with zero attached hydrogens (tertiary/aromatic N) is 4. The summed E-state index contributed by atoms with van der Waals surface area (Å²) in [5, 5.41) is 9.50. The zero-order valence-corrected chi connectivity index (χ0v) is 22.5. The number of hydrogen-bond acceptors (Lipinski definition) is 8. The highest BCUT2D eigenvalue weighted by Gasteiger charge is 2.24. The molecule has 0 saturated carbocycles. The smallest absolute Gasteiger partial charge is 0.335 e. The van der Waals surface area contributed by atoms with Gasteiger partial charge in [-0.2, -0.15) is 0 Å². The Balaban J connectivity index is 1.03. The minimum Gasteiger partial charge on any atom is -0.478 e. The lowest BCUT2D eigenvalue weighted by molar-refractivity contribution is -0.0591. The second-order valence-electron chi connectivity index (χ2n) is 10.5. The molecule has 1 fully saturated rings. The van der Waals surface area contributed by atoms with Crippen LogP contribution < -0.4 is 14.2 Å². The van der Waals surface area contributed by atoms with Crippen LogP contribution in [0, 0.1) is 0 Å². The lowest BCUT2D eigenvalue weighted by atomic mass is 10.0. The predicted molar refractivity (Wildman–Crippen MR) is 150 cm³/mol. The summed E-state index contributed by atoms with van der Waals surface area (Å²) in [5.74, 6) is 2.06. The van der Waals surface area contributed by atoms with E-state index in [9.17, 15) is 9.90 Å². The van der Waals surface area contributed by atoms with Crippen molar-refractivity contribution < 1.29 is 28.8 Å². The first-order valence-corrected chi connectivity index (χ1v) is 13.8. The van der Waals surface area contributed by atoms with Crippen LogP contribution in [-0.4, -0.2) is 63.1 Å². The van der Waals surface area contributed by atoms with Crippen LogP contribution in [0.2, 0.25) is 0 Å². The monoisotopic (exact) mass is 554 g/mol. The highest BCUT2D eigenvalue weighted by Crippen LogP contribution is 2.33. The summed E-state index contributed by atoms with van der Waals surface area (Å²) >= 11 is 0. The van der Waals surface area contributed by atoms with E-state index >= 15 is 0 Å². The van der Waals surface area contributed by atoms with Crippen LogP contribution in [0.5, 0.6) is 17.4 Å². The highest BCUT2D eigenvalue weighted by molar-refractivity contribution is 5.92.